The van der Waals surface area contributed by atoms with Crippen molar-refractivity contribution in [2.45, 2.75) is 25.2 Å². The van der Waals surface area contributed by atoms with Gasteiger partial charge in [0.15, 0.2) is 6.10 Å². The van der Waals surface area contributed by atoms with Gasteiger partial charge in [-0.15, -0.1) is 0 Å². The van der Waals surface area contributed by atoms with Gasteiger partial charge in [-0.25, -0.2) is 4.39 Å². The van der Waals surface area contributed by atoms with Gasteiger partial charge in [-0.2, -0.15) is 0 Å². The van der Waals surface area contributed by atoms with Gasteiger partial charge in [-0.1, -0.05) is 42.5 Å². The molecule has 8 heteroatoms. The minimum absolute atomic E-state index is 0.0767. The van der Waals surface area contributed by atoms with Crippen molar-refractivity contribution in [3.63, 3.8) is 0 Å². The zero-order valence-electron chi connectivity index (χ0n) is 15.1. The van der Waals surface area contributed by atoms with Crippen LogP contribution in [0.1, 0.15) is 31.1 Å². The van der Waals surface area contributed by atoms with Gasteiger partial charge < -0.3 is 19.1 Å². The SMILES string of the molecule is CCOP(=O)(OCC)[C@@]1(c2ccc(F)cc2)NC(=S)O[C@@H]1c1ccccc1. The third-order valence-corrected chi connectivity index (χ3v) is 7.18. The normalized spacial score (nSPS) is 22.3. The second-order valence-electron chi connectivity index (χ2n) is 5.93. The lowest BCUT2D eigenvalue weighted by molar-refractivity contribution is 0.136. The third kappa shape index (κ3) is 3.52. The van der Waals surface area contributed by atoms with E-state index in [0.717, 1.165) is 5.56 Å². The van der Waals surface area contributed by atoms with Crippen LogP contribution in [0.3, 0.4) is 0 Å². The summed E-state index contributed by atoms with van der Waals surface area (Å²) in [5, 5.41) is 1.67. The average molecular weight is 409 g/mol. The number of benzene rings is 2. The van der Waals surface area contributed by atoms with Crippen molar-refractivity contribution in [3.8, 4) is 0 Å². The molecule has 144 valence electrons. The lowest BCUT2D eigenvalue weighted by atomic mass is 9.95. The van der Waals surface area contributed by atoms with Gasteiger partial charge in [-0.05, 0) is 49.3 Å². The fourth-order valence-electron chi connectivity index (χ4n) is 3.26. The maximum Gasteiger partial charge on any atom is 0.364 e. The van der Waals surface area contributed by atoms with Crippen LogP contribution in [0, 0.1) is 5.82 Å². The molecular weight excluding hydrogens is 388 g/mol. The van der Waals surface area contributed by atoms with E-state index in [-0.39, 0.29) is 18.4 Å². The van der Waals surface area contributed by atoms with Crippen LogP contribution in [0.5, 0.6) is 0 Å². The minimum Gasteiger partial charge on any atom is -0.459 e. The average Bonchev–Trinajstić information content (AvgIpc) is 3.02. The van der Waals surface area contributed by atoms with E-state index >= 15 is 0 Å². The molecule has 1 aliphatic heterocycles. The molecule has 2 aromatic rings. The van der Waals surface area contributed by atoms with Crippen LogP contribution in [-0.2, 0) is 23.6 Å². The molecule has 0 unspecified atom stereocenters. The van der Waals surface area contributed by atoms with Gasteiger partial charge in [0.1, 0.15) is 5.82 Å². The summed E-state index contributed by atoms with van der Waals surface area (Å²) in [5.74, 6) is -0.408. The standard InChI is InChI=1S/C19H21FNO4PS/c1-3-23-26(22,24-4-2)19(15-10-12-16(20)13-11-15)17(25-18(27)21-19)14-8-6-5-7-9-14/h5-13,17H,3-4H2,1-2H3,(H,21,27)/t17-,19-/m1/s1. The van der Waals surface area contributed by atoms with Crippen molar-refractivity contribution >= 4 is 25.0 Å². The predicted octanol–water partition coefficient (Wildman–Crippen LogP) is 4.89. The summed E-state index contributed by atoms with van der Waals surface area (Å²) in [6.45, 7) is 3.79. The molecular formula is C19H21FNO4PS. The zero-order chi connectivity index (χ0) is 19.5. The highest BCUT2D eigenvalue weighted by molar-refractivity contribution is 7.80. The van der Waals surface area contributed by atoms with E-state index in [2.05, 4.69) is 5.32 Å². The predicted molar refractivity (Wildman–Crippen MR) is 105 cm³/mol. The summed E-state index contributed by atoms with van der Waals surface area (Å²) in [6, 6.07) is 14.9. The highest BCUT2D eigenvalue weighted by atomic mass is 32.1. The van der Waals surface area contributed by atoms with Gasteiger partial charge in [0.25, 0.3) is 5.17 Å². The van der Waals surface area contributed by atoms with E-state index in [0.29, 0.717) is 5.56 Å². The molecule has 0 aliphatic carbocycles. The second kappa shape index (κ2) is 8.07. The Morgan fingerprint density at radius 3 is 2.26 bits per heavy atom. The van der Waals surface area contributed by atoms with Crippen LogP contribution < -0.4 is 5.32 Å². The van der Waals surface area contributed by atoms with Crippen molar-refractivity contribution in [1.29, 1.82) is 0 Å². The van der Waals surface area contributed by atoms with Gasteiger partial charge in [0, 0.05) is 0 Å². The molecule has 0 saturated carbocycles. The molecule has 1 heterocycles. The molecule has 5 nitrogen and oxygen atoms in total. The van der Waals surface area contributed by atoms with Crippen molar-refractivity contribution < 1.29 is 22.7 Å². The first-order valence-corrected chi connectivity index (χ1v) is 10.6. The Bertz CT molecular complexity index is 839. The summed E-state index contributed by atoms with van der Waals surface area (Å²) in [7, 11) is -3.84. The van der Waals surface area contributed by atoms with Crippen LogP contribution in [0.25, 0.3) is 0 Å². The Balaban J connectivity index is 2.27. The minimum atomic E-state index is -3.84. The van der Waals surface area contributed by atoms with Gasteiger partial charge in [0.05, 0.1) is 13.2 Å². The molecule has 0 amide bonds. The first-order valence-electron chi connectivity index (χ1n) is 8.66. The third-order valence-electron chi connectivity index (χ3n) is 4.31. The summed E-state index contributed by atoms with van der Waals surface area (Å²) in [6.07, 6.45) is -0.777. The van der Waals surface area contributed by atoms with E-state index in [1.807, 2.05) is 30.3 Å². The molecule has 0 bridgehead atoms. The molecule has 1 saturated heterocycles. The zero-order valence-corrected chi connectivity index (χ0v) is 16.8. The lowest BCUT2D eigenvalue weighted by Gasteiger charge is -2.38. The van der Waals surface area contributed by atoms with E-state index in [1.165, 1.54) is 12.1 Å². The molecule has 2 aromatic carbocycles. The van der Waals surface area contributed by atoms with E-state index in [4.69, 9.17) is 26.0 Å². The molecule has 2 atom stereocenters. The van der Waals surface area contributed by atoms with Crippen LogP contribution in [-0.4, -0.2) is 18.4 Å². The van der Waals surface area contributed by atoms with Crippen molar-refractivity contribution in [2.75, 3.05) is 13.2 Å². The molecule has 1 aliphatic rings. The maximum absolute atomic E-state index is 14.0. The van der Waals surface area contributed by atoms with Crippen molar-refractivity contribution in [2.24, 2.45) is 0 Å². The fraction of sp³-hybridized carbons (Fsp3) is 0.316. The molecule has 0 spiro atoms. The first kappa shape index (κ1) is 20.0. The summed E-state index contributed by atoms with van der Waals surface area (Å²) in [4.78, 5) is 0. The topological polar surface area (TPSA) is 56.8 Å². The quantitative estimate of drug-likeness (QED) is 0.519. The van der Waals surface area contributed by atoms with Crippen LogP contribution in [0.4, 0.5) is 4.39 Å². The molecule has 1 N–H and O–H groups in total. The van der Waals surface area contributed by atoms with Gasteiger partial charge in [-0.3, -0.25) is 4.57 Å². The summed E-state index contributed by atoms with van der Waals surface area (Å²) in [5.41, 5.74) is 1.25. The lowest BCUT2D eigenvalue weighted by Crippen LogP contribution is -2.43. The fourth-order valence-corrected chi connectivity index (χ4v) is 5.95. The van der Waals surface area contributed by atoms with E-state index in [9.17, 15) is 8.96 Å². The van der Waals surface area contributed by atoms with Crippen LogP contribution >= 0.6 is 19.8 Å². The number of ether oxygens (including phenoxy) is 1. The van der Waals surface area contributed by atoms with Crippen LogP contribution in [0.15, 0.2) is 54.6 Å². The van der Waals surface area contributed by atoms with Crippen molar-refractivity contribution in [3.05, 3.63) is 71.5 Å². The van der Waals surface area contributed by atoms with E-state index < -0.39 is 24.8 Å². The number of halogens is 1. The molecule has 3 rings (SSSR count). The van der Waals surface area contributed by atoms with Crippen LogP contribution in [0.2, 0.25) is 0 Å². The largest absolute Gasteiger partial charge is 0.459 e. The number of hydrogen-bond donors (Lipinski definition) is 1. The number of hydrogen-bond acceptors (Lipinski definition) is 5. The molecule has 0 radical (unpaired) electrons. The first-order chi connectivity index (χ1) is 13.0. The Morgan fingerprint density at radius 1 is 1.11 bits per heavy atom. The summed E-state index contributed by atoms with van der Waals surface area (Å²) < 4.78 is 44.8. The summed E-state index contributed by atoms with van der Waals surface area (Å²) >= 11 is 5.27. The highest BCUT2D eigenvalue weighted by Crippen LogP contribution is 2.70. The molecule has 27 heavy (non-hydrogen) atoms. The smallest absolute Gasteiger partial charge is 0.364 e. The Morgan fingerprint density at radius 2 is 1.70 bits per heavy atom. The maximum atomic E-state index is 14.0. The second-order valence-corrected chi connectivity index (χ2v) is 8.51. The Hall–Kier alpha value is -1.79. The Kier molecular flexibility index (Phi) is 5.96. The molecule has 0 aromatic heterocycles. The van der Waals surface area contributed by atoms with Crippen molar-refractivity contribution in [1.82, 2.24) is 5.32 Å². The van der Waals surface area contributed by atoms with E-state index in [1.54, 1.807) is 26.0 Å². The monoisotopic (exact) mass is 409 g/mol. The number of rotatable bonds is 7. The Labute approximate surface area is 163 Å². The highest BCUT2D eigenvalue weighted by Gasteiger charge is 2.63. The van der Waals surface area contributed by atoms with Gasteiger partial charge in [0.2, 0.25) is 5.28 Å². The number of thiocarbonyl (C=S) groups is 1. The molecule has 1 fully saturated rings. The van der Waals surface area contributed by atoms with Gasteiger partial charge >= 0.3 is 7.60 Å². The number of nitrogens with one attached hydrogen (secondary N) is 1.